The summed E-state index contributed by atoms with van der Waals surface area (Å²) in [5.41, 5.74) is -0.631. The molecule has 0 aromatic heterocycles. The Morgan fingerprint density at radius 2 is 1.42 bits per heavy atom. The molecular formula is C17H14O7. The van der Waals surface area contributed by atoms with E-state index in [0.29, 0.717) is 0 Å². The van der Waals surface area contributed by atoms with E-state index in [9.17, 15) is 24.9 Å². The van der Waals surface area contributed by atoms with E-state index in [2.05, 4.69) is 0 Å². The van der Waals surface area contributed by atoms with E-state index in [1.54, 1.807) is 0 Å². The molecule has 7 nitrogen and oxygen atoms in total. The monoisotopic (exact) mass is 330 g/mol. The van der Waals surface area contributed by atoms with E-state index >= 15 is 0 Å². The second-order valence-electron chi connectivity index (χ2n) is 5.30. The average molecular weight is 330 g/mol. The molecule has 7 heteroatoms. The highest BCUT2D eigenvalue weighted by atomic mass is 16.5. The van der Waals surface area contributed by atoms with Gasteiger partial charge in [0.05, 0.1) is 30.9 Å². The number of phenolic OH excluding ortho intramolecular Hbond substituents is 3. The number of hydrogen-bond donors (Lipinski definition) is 3. The minimum atomic E-state index is -0.699. The second kappa shape index (κ2) is 5.16. The zero-order chi connectivity index (χ0) is 17.8. The lowest BCUT2D eigenvalue weighted by molar-refractivity contribution is 0.0970. The summed E-state index contributed by atoms with van der Waals surface area (Å²) in [6, 6.07) is 2.51. The zero-order valence-corrected chi connectivity index (χ0v) is 13.1. The lowest BCUT2D eigenvalue weighted by atomic mass is 9.81. The van der Waals surface area contributed by atoms with Crippen molar-refractivity contribution in [3.05, 3.63) is 39.9 Å². The fraction of sp³-hybridized carbons (Fsp3) is 0.176. The summed E-state index contributed by atoms with van der Waals surface area (Å²) < 4.78 is 10.1. The third-order valence-corrected chi connectivity index (χ3v) is 4.11. The third-order valence-electron chi connectivity index (χ3n) is 4.11. The number of fused-ring (bicyclic) bond motifs is 2. The largest absolute Gasteiger partial charge is 0.507 e. The van der Waals surface area contributed by atoms with Crippen molar-refractivity contribution in [2.45, 2.75) is 6.92 Å². The number of methoxy groups -OCH3 is 2. The molecule has 1 aliphatic carbocycles. The molecule has 0 heterocycles. The molecule has 3 N–H and O–H groups in total. The number of hydrogen-bond acceptors (Lipinski definition) is 7. The third kappa shape index (κ3) is 1.78. The number of ether oxygens (including phenoxy) is 2. The Labute approximate surface area is 136 Å². The molecule has 2 aromatic rings. The van der Waals surface area contributed by atoms with Crippen LogP contribution in [0.4, 0.5) is 0 Å². The van der Waals surface area contributed by atoms with Crippen LogP contribution in [0.1, 0.15) is 37.4 Å². The number of aromatic hydroxyl groups is 3. The summed E-state index contributed by atoms with van der Waals surface area (Å²) in [6.07, 6.45) is 0. The maximum atomic E-state index is 12.9. The fourth-order valence-corrected chi connectivity index (χ4v) is 2.91. The summed E-state index contributed by atoms with van der Waals surface area (Å²) in [6.45, 7) is 1.40. The number of carbonyl (C=O) groups is 2. The molecular weight excluding hydrogens is 316 g/mol. The Bertz CT molecular complexity index is 912. The van der Waals surface area contributed by atoms with Gasteiger partial charge in [-0.1, -0.05) is 0 Å². The van der Waals surface area contributed by atoms with Crippen LogP contribution < -0.4 is 9.47 Å². The average Bonchev–Trinajstić information content (AvgIpc) is 2.57. The van der Waals surface area contributed by atoms with Crippen LogP contribution in [0.15, 0.2) is 12.1 Å². The predicted molar refractivity (Wildman–Crippen MR) is 82.6 cm³/mol. The van der Waals surface area contributed by atoms with Gasteiger partial charge in [-0.15, -0.1) is 0 Å². The van der Waals surface area contributed by atoms with Gasteiger partial charge < -0.3 is 24.8 Å². The van der Waals surface area contributed by atoms with Crippen LogP contribution >= 0.6 is 0 Å². The van der Waals surface area contributed by atoms with Crippen LogP contribution in [-0.2, 0) is 0 Å². The Balaban J connectivity index is 2.47. The zero-order valence-electron chi connectivity index (χ0n) is 13.1. The summed E-state index contributed by atoms with van der Waals surface area (Å²) in [4.78, 5) is 25.7. The smallest absolute Gasteiger partial charge is 0.202 e. The highest BCUT2D eigenvalue weighted by molar-refractivity contribution is 6.31. The lowest BCUT2D eigenvalue weighted by Crippen LogP contribution is -2.23. The van der Waals surface area contributed by atoms with Crippen LogP contribution in [-0.4, -0.2) is 41.1 Å². The molecule has 1 aliphatic rings. The maximum absolute atomic E-state index is 12.9. The Hall–Kier alpha value is -3.22. The number of carbonyl (C=O) groups excluding carboxylic acids is 2. The molecule has 0 radical (unpaired) electrons. The molecule has 24 heavy (non-hydrogen) atoms. The van der Waals surface area contributed by atoms with Crippen molar-refractivity contribution in [3.63, 3.8) is 0 Å². The lowest BCUT2D eigenvalue weighted by Gasteiger charge is -2.24. The van der Waals surface area contributed by atoms with Crippen molar-refractivity contribution in [1.82, 2.24) is 0 Å². The van der Waals surface area contributed by atoms with E-state index < -0.39 is 23.1 Å². The normalized spacial score (nSPS) is 12.6. The first kappa shape index (κ1) is 15.7. The van der Waals surface area contributed by atoms with Crippen molar-refractivity contribution >= 4 is 11.6 Å². The first-order valence-corrected chi connectivity index (χ1v) is 6.96. The van der Waals surface area contributed by atoms with Crippen molar-refractivity contribution in [3.8, 4) is 28.7 Å². The fourth-order valence-electron chi connectivity index (χ4n) is 2.91. The van der Waals surface area contributed by atoms with Gasteiger partial charge in [-0.25, -0.2) is 0 Å². The van der Waals surface area contributed by atoms with Crippen molar-refractivity contribution in [2.75, 3.05) is 14.2 Å². The molecule has 0 amide bonds. The van der Waals surface area contributed by atoms with Gasteiger partial charge in [-0.2, -0.15) is 0 Å². The number of benzene rings is 2. The van der Waals surface area contributed by atoms with Gasteiger partial charge in [0.15, 0.2) is 28.8 Å². The molecule has 0 bridgehead atoms. The van der Waals surface area contributed by atoms with E-state index in [-0.39, 0.29) is 45.1 Å². The first-order valence-electron chi connectivity index (χ1n) is 6.96. The van der Waals surface area contributed by atoms with Crippen LogP contribution in [0.25, 0.3) is 0 Å². The van der Waals surface area contributed by atoms with Crippen LogP contribution in [0, 0.1) is 6.92 Å². The van der Waals surface area contributed by atoms with Gasteiger partial charge in [0.25, 0.3) is 0 Å². The van der Waals surface area contributed by atoms with E-state index in [1.807, 2.05) is 0 Å². The number of rotatable bonds is 2. The van der Waals surface area contributed by atoms with Crippen molar-refractivity contribution < 1.29 is 34.4 Å². The molecule has 2 aromatic carbocycles. The summed E-state index contributed by atoms with van der Waals surface area (Å²) in [5, 5.41) is 30.3. The van der Waals surface area contributed by atoms with Gasteiger partial charge in [-0.05, 0) is 19.1 Å². The van der Waals surface area contributed by atoms with E-state index in [0.717, 1.165) is 0 Å². The quantitative estimate of drug-likeness (QED) is 0.657. The van der Waals surface area contributed by atoms with Gasteiger partial charge in [0.2, 0.25) is 5.78 Å². The van der Waals surface area contributed by atoms with Gasteiger partial charge >= 0.3 is 0 Å². The Morgan fingerprint density at radius 3 is 2.00 bits per heavy atom. The summed E-state index contributed by atoms with van der Waals surface area (Å²) in [7, 11) is 2.49. The molecule has 124 valence electrons. The van der Waals surface area contributed by atoms with Crippen LogP contribution in [0.3, 0.4) is 0 Å². The topological polar surface area (TPSA) is 113 Å². The number of ketones is 2. The van der Waals surface area contributed by atoms with Gasteiger partial charge in [0.1, 0.15) is 5.75 Å². The second-order valence-corrected chi connectivity index (χ2v) is 5.30. The standard InChI is InChI=1S/C17H14O7/c1-6-12(19)10-11(17(24-3)13(6)20)15(22)9-7(14(10)21)4-5-8(18)16(9)23-2/h4-5,18-20H,1-3H3. The molecule has 0 unspecified atom stereocenters. The minimum Gasteiger partial charge on any atom is -0.507 e. The SMILES string of the molecule is COc1c(O)ccc2c1C(=O)c1c(OC)c(O)c(C)c(O)c1C2=O. The minimum absolute atomic E-state index is 0.00964. The van der Waals surface area contributed by atoms with Crippen LogP contribution in [0.2, 0.25) is 0 Å². The maximum Gasteiger partial charge on any atom is 0.202 e. The summed E-state index contributed by atoms with van der Waals surface area (Å²) >= 11 is 0. The molecule has 3 rings (SSSR count). The molecule has 0 aliphatic heterocycles. The Kier molecular flexibility index (Phi) is 3.37. The van der Waals surface area contributed by atoms with E-state index in [4.69, 9.17) is 9.47 Å². The predicted octanol–water partition coefficient (Wildman–Crippen LogP) is 1.90. The Morgan fingerprint density at radius 1 is 0.792 bits per heavy atom. The number of phenols is 3. The highest BCUT2D eigenvalue weighted by Gasteiger charge is 2.40. The molecule has 0 atom stereocenters. The molecule has 0 fully saturated rings. The van der Waals surface area contributed by atoms with Crippen molar-refractivity contribution in [2.24, 2.45) is 0 Å². The highest BCUT2D eigenvalue weighted by Crippen LogP contribution is 2.48. The molecule has 0 spiro atoms. The first-order chi connectivity index (χ1) is 11.3. The molecule has 0 saturated heterocycles. The summed E-state index contributed by atoms with van der Waals surface area (Å²) in [5.74, 6) is -2.92. The van der Waals surface area contributed by atoms with Gasteiger partial charge in [0, 0.05) is 11.1 Å². The van der Waals surface area contributed by atoms with E-state index in [1.165, 1.54) is 33.3 Å². The molecule has 0 saturated carbocycles. The van der Waals surface area contributed by atoms with Gasteiger partial charge in [-0.3, -0.25) is 9.59 Å². The van der Waals surface area contributed by atoms with Crippen LogP contribution in [0.5, 0.6) is 28.7 Å². The van der Waals surface area contributed by atoms with Crippen molar-refractivity contribution in [1.29, 1.82) is 0 Å².